The van der Waals surface area contributed by atoms with E-state index >= 15 is 0 Å². The molecule has 2 rings (SSSR count). The van der Waals surface area contributed by atoms with Gasteiger partial charge in [-0.25, -0.2) is 0 Å². The molecule has 1 heterocycles. The number of aryl methyl sites for hydroxylation is 1. The number of alkyl halides is 3. The lowest BCUT2D eigenvalue weighted by Crippen LogP contribution is -2.04. The molecule has 1 unspecified atom stereocenters. The Morgan fingerprint density at radius 3 is 2.56 bits per heavy atom. The maximum Gasteiger partial charge on any atom is 0.416 e. The molecule has 0 aliphatic rings. The van der Waals surface area contributed by atoms with Crippen LogP contribution in [0.5, 0.6) is 0 Å². The molecule has 0 aliphatic carbocycles. The SMILES string of the molecule is CC(CO)c1cn(C)c2ccc(C(F)(F)F)cc12. The van der Waals surface area contributed by atoms with Crippen LogP contribution in [0.1, 0.15) is 24.0 Å². The van der Waals surface area contributed by atoms with Crippen molar-refractivity contribution in [3.8, 4) is 0 Å². The highest BCUT2D eigenvalue weighted by Gasteiger charge is 2.31. The Bertz CT molecular complexity index is 571. The zero-order chi connectivity index (χ0) is 13.5. The van der Waals surface area contributed by atoms with Crippen LogP contribution in [0.15, 0.2) is 24.4 Å². The lowest BCUT2D eigenvalue weighted by atomic mass is 10.00. The van der Waals surface area contributed by atoms with Gasteiger partial charge in [-0.1, -0.05) is 6.92 Å². The molecule has 1 aromatic heterocycles. The van der Waals surface area contributed by atoms with Gasteiger partial charge in [0.05, 0.1) is 5.56 Å². The third-order valence-electron chi connectivity index (χ3n) is 3.15. The fraction of sp³-hybridized carbons (Fsp3) is 0.385. The highest BCUT2D eigenvalue weighted by Crippen LogP contribution is 2.34. The van der Waals surface area contributed by atoms with Crippen molar-refractivity contribution in [1.82, 2.24) is 4.57 Å². The van der Waals surface area contributed by atoms with Crippen LogP contribution in [0.4, 0.5) is 13.2 Å². The number of benzene rings is 1. The van der Waals surface area contributed by atoms with E-state index < -0.39 is 11.7 Å². The lowest BCUT2D eigenvalue weighted by molar-refractivity contribution is -0.137. The molecule has 0 radical (unpaired) electrons. The molecule has 1 N–H and O–H groups in total. The van der Waals surface area contributed by atoms with Crippen LogP contribution in [0.2, 0.25) is 0 Å². The van der Waals surface area contributed by atoms with Gasteiger partial charge < -0.3 is 9.67 Å². The van der Waals surface area contributed by atoms with Gasteiger partial charge in [-0.3, -0.25) is 0 Å². The molecule has 18 heavy (non-hydrogen) atoms. The minimum absolute atomic E-state index is 0.0879. The van der Waals surface area contributed by atoms with Gasteiger partial charge in [-0.05, 0) is 23.8 Å². The molecule has 5 heteroatoms. The van der Waals surface area contributed by atoms with Gasteiger partial charge in [0.15, 0.2) is 0 Å². The van der Waals surface area contributed by atoms with Crippen LogP contribution in [-0.2, 0) is 13.2 Å². The zero-order valence-electron chi connectivity index (χ0n) is 10.1. The molecular weight excluding hydrogens is 243 g/mol. The molecule has 1 aromatic carbocycles. The summed E-state index contributed by atoms with van der Waals surface area (Å²) in [5, 5.41) is 9.70. The smallest absolute Gasteiger partial charge is 0.396 e. The van der Waals surface area contributed by atoms with Gasteiger partial charge in [0.1, 0.15) is 0 Å². The highest BCUT2D eigenvalue weighted by molar-refractivity contribution is 5.85. The molecule has 0 saturated carbocycles. The second kappa shape index (κ2) is 4.31. The van der Waals surface area contributed by atoms with Crippen molar-refractivity contribution in [3.05, 3.63) is 35.5 Å². The standard InChI is InChI=1S/C13H14F3NO/c1-8(7-18)11-6-17(2)12-4-3-9(5-10(11)12)13(14,15)16/h3-6,8,18H,7H2,1-2H3. The summed E-state index contributed by atoms with van der Waals surface area (Å²) in [7, 11) is 1.78. The minimum atomic E-state index is -4.34. The predicted octanol–water partition coefficient (Wildman–Crippen LogP) is 3.29. The molecule has 0 saturated heterocycles. The van der Waals surface area contributed by atoms with Crippen molar-refractivity contribution in [2.75, 3.05) is 6.61 Å². The molecule has 0 aliphatic heterocycles. The Kier molecular flexibility index (Phi) is 3.11. The van der Waals surface area contributed by atoms with Crippen LogP contribution in [0.25, 0.3) is 10.9 Å². The number of aromatic nitrogens is 1. The van der Waals surface area contributed by atoms with Crippen LogP contribution >= 0.6 is 0 Å². The maximum atomic E-state index is 12.7. The maximum absolute atomic E-state index is 12.7. The first-order valence-electron chi connectivity index (χ1n) is 5.61. The van der Waals surface area contributed by atoms with E-state index in [-0.39, 0.29) is 12.5 Å². The van der Waals surface area contributed by atoms with E-state index in [4.69, 9.17) is 5.11 Å². The Balaban J connectivity index is 2.67. The molecule has 98 valence electrons. The van der Waals surface area contributed by atoms with Crippen molar-refractivity contribution in [2.45, 2.75) is 19.0 Å². The Morgan fingerprint density at radius 2 is 2.00 bits per heavy atom. The van der Waals surface area contributed by atoms with E-state index in [9.17, 15) is 13.2 Å². The van der Waals surface area contributed by atoms with Gasteiger partial charge in [-0.2, -0.15) is 13.2 Å². The van der Waals surface area contributed by atoms with Crippen molar-refractivity contribution >= 4 is 10.9 Å². The molecule has 2 aromatic rings. The van der Waals surface area contributed by atoms with Gasteiger partial charge in [0.25, 0.3) is 0 Å². The quantitative estimate of drug-likeness (QED) is 0.877. The van der Waals surface area contributed by atoms with E-state index in [2.05, 4.69) is 0 Å². The van der Waals surface area contributed by atoms with Crippen molar-refractivity contribution < 1.29 is 18.3 Å². The number of halogens is 3. The van der Waals surface area contributed by atoms with Crippen LogP contribution in [0.3, 0.4) is 0 Å². The second-order valence-corrected chi connectivity index (χ2v) is 4.51. The zero-order valence-corrected chi connectivity index (χ0v) is 10.1. The van der Waals surface area contributed by atoms with E-state index in [1.807, 2.05) is 0 Å². The first-order chi connectivity index (χ1) is 8.34. The average Bonchev–Trinajstić information content (AvgIpc) is 2.64. The van der Waals surface area contributed by atoms with Gasteiger partial charge in [-0.15, -0.1) is 0 Å². The molecule has 0 spiro atoms. The summed E-state index contributed by atoms with van der Waals surface area (Å²) in [5.41, 5.74) is 0.812. The summed E-state index contributed by atoms with van der Waals surface area (Å²) in [4.78, 5) is 0. The van der Waals surface area contributed by atoms with Gasteiger partial charge >= 0.3 is 6.18 Å². The lowest BCUT2D eigenvalue weighted by Gasteiger charge is -2.09. The molecule has 0 bridgehead atoms. The normalized spacial score (nSPS) is 14.1. The predicted molar refractivity (Wildman–Crippen MR) is 63.4 cm³/mol. The van der Waals surface area contributed by atoms with Gasteiger partial charge in [0.2, 0.25) is 0 Å². The van der Waals surface area contributed by atoms with Crippen LogP contribution < -0.4 is 0 Å². The summed E-state index contributed by atoms with van der Waals surface area (Å²) in [5.74, 6) is -0.183. The third-order valence-corrected chi connectivity index (χ3v) is 3.15. The number of aliphatic hydroxyl groups excluding tert-OH is 1. The fourth-order valence-corrected chi connectivity index (χ4v) is 2.09. The number of hydrogen-bond donors (Lipinski definition) is 1. The summed E-state index contributed by atoms with van der Waals surface area (Å²) < 4.78 is 39.8. The van der Waals surface area contributed by atoms with Crippen LogP contribution in [0, 0.1) is 0 Å². The molecule has 2 nitrogen and oxygen atoms in total. The van der Waals surface area contributed by atoms with E-state index in [0.717, 1.165) is 23.2 Å². The highest BCUT2D eigenvalue weighted by atomic mass is 19.4. The molecule has 1 atom stereocenters. The van der Waals surface area contributed by atoms with Crippen molar-refractivity contribution in [2.24, 2.45) is 7.05 Å². The number of aliphatic hydroxyl groups is 1. The van der Waals surface area contributed by atoms with Gasteiger partial charge in [0, 0.05) is 36.7 Å². The largest absolute Gasteiger partial charge is 0.416 e. The first kappa shape index (κ1) is 13.0. The van der Waals surface area contributed by atoms with E-state index in [0.29, 0.717) is 5.39 Å². The summed E-state index contributed by atoms with van der Waals surface area (Å²) >= 11 is 0. The van der Waals surface area contributed by atoms with Crippen molar-refractivity contribution in [3.63, 3.8) is 0 Å². The third kappa shape index (κ3) is 2.10. The Hall–Kier alpha value is -1.49. The van der Waals surface area contributed by atoms with E-state index in [1.165, 1.54) is 6.07 Å². The summed E-state index contributed by atoms with van der Waals surface area (Å²) in [6.45, 7) is 1.70. The summed E-state index contributed by atoms with van der Waals surface area (Å²) in [6, 6.07) is 3.69. The Morgan fingerprint density at radius 1 is 1.33 bits per heavy atom. The minimum Gasteiger partial charge on any atom is -0.396 e. The van der Waals surface area contributed by atoms with Crippen molar-refractivity contribution in [1.29, 1.82) is 0 Å². The topological polar surface area (TPSA) is 25.2 Å². The van der Waals surface area contributed by atoms with E-state index in [1.54, 1.807) is 24.7 Å². The number of fused-ring (bicyclic) bond motifs is 1. The number of nitrogens with zero attached hydrogens (tertiary/aromatic N) is 1. The number of rotatable bonds is 2. The second-order valence-electron chi connectivity index (χ2n) is 4.51. The summed E-state index contributed by atoms with van der Waals surface area (Å²) in [6.07, 6.45) is -2.57. The fourth-order valence-electron chi connectivity index (χ4n) is 2.09. The average molecular weight is 257 g/mol. The first-order valence-corrected chi connectivity index (χ1v) is 5.61. The molecular formula is C13H14F3NO. The Labute approximate surface area is 103 Å². The molecule has 0 fully saturated rings. The van der Waals surface area contributed by atoms with Crippen LogP contribution in [-0.4, -0.2) is 16.3 Å². The number of hydrogen-bond acceptors (Lipinski definition) is 1. The monoisotopic (exact) mass is 257 g/mol. The molecule has 0 amide bonds.